The number of benzene rings is 1. The number of likely N-dealkylation sites (tertiary alicyclic amines) is 1. The lowest BCUT2D eigenvalue weighted by Crippen LogP contribution is -2.42. The molecule has 0 saturated carbocycles. The van der Waals surface area contributed by atoms with E-state index in [0.29, 0.717) is 23.3 Å². The number of piperidine rings is 1. The fraction of sp³-hybridized carbons (Fsp3) is 0.524. The summed E-state index contributed by atoms with van der Waals surface area (Å²) >= 11 is 1.54. The molecule has 0 bridgehead atoms. The number of methoxy groups -OCH3 is 2. The van der Waals surface area contributed by atoms with Gasteiger partial charge in [-0.2, -0.15) is 0 Å². The van der Waals surface area contributed by atoms with Crippen LogP contribution in [0, 0.1) is 0 Å². The zero-order chi connectivity index (χ0) is 19.4. The van der Waals surface area contributed by atoms with E-state index in [1.54, 1.807) is 14.2 Å². The van der Waals surface area contributed by atoms with E-state index in [1.165, 1.54) is 18.2 Å². The van der Waals surface area contributed by atoms with Crippen LogP contribution < -0.4 is 9.47 Å². The molecule has 1 saturated heterocycles. The molecule has 1 atom stereocenters. The van der Waals surface area contributed by atoms with Crippen molar-refractivity contribution in [2.24, 2.45) is 0 Å². The standard InChI is InChI=1S/C21H28N2O3S/c1-5-15-10-16-11-18(25-3)19(26-4)12-17(16)22-21(15)27-13-20(24)23-9-7-6-8-14(23)2/h10-12,14H,5-9,13H2,1-4H3. The Bertz CT molecular complexity index is 825. The van der Waals surface area contributed by atoms with Crippen molar-refractivity contribution < 1.29 is 14.3 Å². The summed E-state index contributed by atoms with van der Waals surface area (Å²) in [7, 11) is 3.26. The van der Waals surface area contributed by atoms with E-state index in [4.69, 9.17) is 14.5 Å². The first kappa shape index (κ1) is 19.8. The molecule has 0 N–H and O–H groups in total. The Morgan fingerprint density at radius 1 is 1.22 bits per heavy atom. The second-order valence-corrected chi connectivity index (χ2v) is 7.89. The number of hydrogen-bond donors (Lipinski definition) is 0. The molecule has 1 amide bonds. The molecule has 2 aromatic rings. The number of carbonyl (C=O) groups excluding carboxylic acids is 1. The van der Waals surface area contributed by atoms with Crippen LogP contribution in [-0.2, 0) is 11.2 Å². The fourth-order valence-electron chi connectivity index (χ4n) is 3.59. The Kier molecular flexibility index (Phi) is 6.47. The second kappa shape index (κ2) is 8.83. The summed E-state index contributed by atoms with van der Waals surface area (Å²) in [5.74, 6) is 2.01. The number of carbonyl (C=O) groups is 1. The van der Waals surface area contributed by atoms with Crippen molar-refractivity contribution in [2.45, 2.75) is 50.6 Å². The summed E-state index contributed by atoms with van der Waals surface area (Å²) in [5.41, 5.74) is 2.00. The van der Waals surface area contributed by atoms with E-state index in [9.17, 15) is 4.79 Å². The average molecular weight is 389 g/mol. The number of pyridine rings is 1. The molecule has 0 aliphatic carbocycles. The van der Waals surface area contributed by atoms with Gasteiger partial charge in [0, 0.05) is 24.0 Å². The molecule has 2 heterocycles. The van der Waals surface area contributed by atoms with Crippen molar-refractivity contribution in [3.63, 3.8) is 0 Å². The van der Waals surface area contributed by atoms with Gasteiger partial charge in [0.1, 0.15) is 5.03 Å². The minimum absolute atomic E-state index is 0.212. The minimum Gasteiger partial charge on any atom is -0.493 e. The maximum absolute atomic E-state index is 12.7. The molecule has 1 fully saturated rings. The van der Waals surface area contributed by atoms with E-state index in [2.05, 4.69) is 19.9 Å². The first-order chi connectivity index (χ1) is 13.1. The van der Waals surface area contributed by atoms with Crippen molar-refractivity contribution in [3.8, 4) is 11.5 Å². The molecular formula is C21H28N2O3S. The van der Waals surface area contributed by atoms with Crippen molar-refractivity contribution in [2.75, 3.05) is 26.5 Å². The van der Waals surface area contributed by atoms with Gasteiger partial charge in [-0.15, -0.1) is 0 Å². The van der Waals surface area contributed by atoms with Crippen LogP contribution in [0.4, 0.5) is 0 Å². The number of rotatable bonds is 6. The van der Waals surface area contributed by atoms with E-state index in [1.807, 2.05) is 17.0 Å². The van der Waals surface area contributed by atoms with Crippen LogP contribution in [0.3, 0.4) is 0 Å². The normalized spacial score (nSPS) is 17.2. The number of nitrogens with zero attached hydrogens (tertiary/aromatic N) is 2. The fourth-order valence-corrected chi connectivity index (χ4v) is 4.56. The Labute approximate surface area is 165 Å². The van der Waals surface area contributed by atoms with Crippen LogP contribution in [-0.4, -0.2) is 48.4 Å². The first-order valence-electron chi connectivity index (χ1n) is 9.55. The predicted octanol–water partition coefficient (Wildman–Crippen LogP) is 4.31. The van der Waals surface area contributed by atoms with Gasteiger partial charge in [-0.05, 0) is 50.3 Å². The van der Waals surface area contributed by atoms with E-state index in [-0.39, 0.29) is 5.91 Å². The summed E-state index contributed by atoms with van der Waals surface area (Å²) in [6.07, 6.45) is 4.30. The number of aromatic nitrogens is 1. The predicted molar refractivity (Wildman–Crippen MR) is 110 cm³/mol. The monoisotopic (exact) mass is 388 g/mol. The van der Waals surface area contributed by atoms with Gasteiger partial charge in [-0.3, -0.25) is 4.79 Å². The number of amides is 1. The molecule has 1 aromatic heterocycles. The van der Waals surface area contributed by atoms with Crippen molar-refractivity contribution in [1.82, 2.24) is 9.88 Å². The lowest BCUT2D eigenvalue weighted by Gasteiger charge is -2.33. The van der Waals surface area contributed by atoms with Gasteiger partial charge in [0.25, 0.3) is 0 Å². The Hall–Kier alpha value is -1.95. The van der Waals surface area contributed by atoms with Crippen molar-refractivity contribution in [1.29, 1.82) is 0 Å². The summed E-state index contributed by atoms with van der Waals surface area (Å²) in [5, 5.41) is 1.94. The largest absolute Gasteiger partial charge is 0.493 e. The molecule has 146 valence electrons. The summed E-state index contributed by atoms with van der Waals surface area (Å²) in [6.45, 7) is 5.14. The lowest BCUT2D eigenvalue weighted by molar-refractivity contribution is -0.131. The third-order valence-electron chi connectivity index (χ3n) is 5.20. The number of fused-ring (bicyclic) bond motifs is 1. The zero-order valence-electron chi connectivity index (χ0n) is 16.6. The van der Waals surface area contributed by atoms with Crippen LogP contribution in [0.5, 0.6) is 11.5 Å². The molecule has 1 aromatic carbocycles. The number of aryl methyl sites for hydroxylation is 1. The van der Waals surface area contributed by atoms with Crippen LogP contribution >= 0.6 is 11.8 Å². The van der Waals surface area contributed by atoms with E-state index < -0.39 is 0 Å². The third kappa shape index (κ3) is 4.32. The average Bonchev–Trinajstić information content (AvgIpc) is 2.70. The van der Waals surface area contributed by atoms with Gasteiger partial charge in [0.15, 0.2) is 11.5 Å². The smallest absolute Gasteiger partial charge is 0.233 e. The number of hydrogen-bond acceptors (Lipinski definition) is 5. The topological polar surface area (TPSA) is 51.7 Å². The van der Waals surface area contributed by atoms with Gasteiger partial charge >= 0.3 is 0 Å². The maximum atomic E-state index is 12.7. The molecule has 1 aliphatic heterocycles. The molecule has 27 heavy (non-hydrogen) atoms. The van der Waals surface area contributed by atoms with Crippen LogP contribution in [0.25, 0.3) is 10.9 Å². The molecule has 3 rings (SSSR count). The lowest BCUT2D eigenvalue weighted by atomic mass is 10.0. The van der Waals surface area contributed by atoms with Gasteiger partial charge in [0.2, 0.25) is 5.91 Å². The Morgan fingerprint density at radius 2 is 1.96 bits per heavy atom. The highest BCUT2D eigenvalue weighted by Crippen LogP contribution is 2.34. The van der Waals surface area contributed by atoms with Gasteiger partial charge in [-0.1, -0.05) is 18.7 Å². The highest BCUT2D eigenvalue weighted by Gasteiger charge is 2.23. The van der Waals surface area contributed by atoms with Crippen LogP contribution in [0.1, 0.15) is 38.7 Å². The molecule has 0 spiro atoms. The molecule has 5 nitrogen and oxygen atoms in total. The molecule has 1 unspecified atom stereocenters. The molecular weight excluding hydrogens is 360 g/mol. The summed E-state index contributed by atoms with van der Waals surface area (Å²) in [4.78, 5) is 19.5. The minimum atomic E-state index is 0.212. The van der Waals surface area contributed by atoms with Gasteiger partial charge in [-0.25, -0.2) is 4.98 Å². The first-order valence-corrected chi connectivity index (χ1v) is 10.5. The summed E-state index contributed by atoms with van der Waals surface area (Å²) in [6, 6.07) is 6.33. The number of ether oxygens (including phenoxy) is 2. The Morgan fingerprint density at radius 3 is 2.63 bits per heavy atom. The van der Waals surface area contributed by atoms with Crippen molar-refractivity contribution >= 4 is 28.6 Å². The van der Waals surface area contributed by atoms with Crippen molar-refractivity contribution in [3.05, 3.63) is 23.8 Å². The SMILES string of the molecule is CCc1cc2cc(OC)c(OC)cc2nc1SCC(=O)N1CCCCC1C. The summed E-state index contributed by atoms with van der Waals surface area (Å²) < 4.78 is 10.8. The second-order valence-electron chi connectivity index (χ2n) is 6.93. The highest BCUT2D eigenvalue weighted by molar-refractivity contribution is 7.99. The van der Waals surface area contributed by atoms with Gasteiger partial charge in [0.05, 0.1) is 25.5 Å². The number of thioether (sulfide) groups is 1. The molecule has 6 heteroatoms. The van der Waals surface area contributed by atoms with Crippen LogP contribution in [0.2, 0.25) is 0 Å². The zero-order valence-corrected chi connectivity index (χ0v) is 17.4. The van der Waals surface area contributed by atoms with Crippen LogP contribution in [0.15, 0.2) is 23.2 Å². The van der Waals surface area contributed by atoms with E-state index in [0.717, 1.165) is 47.3 Å². The quantitative estimate of drug-likeness (QED) is 0.690. The Balaban J connectivity index is 1.83. The molecule has 1 aliphatic rings. The maximum Gasteiger partial charge on any atom is 0.233 e. The highest BCUT2D eigenvalue weighted by atomic mass is 32.2. The van der Waals surface area contributed by atoms with E-state index >= 15 is 0 Å². The third-order valence-corrected chi connectivity index (χ3v) is 6.21. The van der Waals surface area contributed by atoms with Gasteiger partial charge < -0.3 is 14.4 Å². The molecule has 0 radical (unpaired) electrons.